The van der Waals surface area contributed by atoms with E-state index in [1.54, 1.807) is 22.8 Å². The number of halogens is 1. The van der Waals surface area contributed by atoms with Gasteiger partial charge in [-0.15, -0.1) is 0 Å². The van der Waals surface area contributed by atoms with Crippen molar-refractivity contribution in [3.8, 4) is 0 Å². The topological polar surface area (TPSA) is 73.8 Å². The summed E-state index contributed by atoms with van der Waals surface area (Å²) in [5.41, 5.74) is 0.560. The molecule has 0 atom stereocenters. The number of nitrogens with zero attached hydrogens (tertiary/aromatic N) is 4. The van der Waals surface area contributed by atoms with Gasteiger partial charge in [-0.1, -0.05) is 49.3 Å². The van der Waals surface area contributed by atoms with E-state index in [2.05, 4.69) is 35.9 Å². The molecule has 0 amide bonds. The molecule has 2 heterocycles. The van der Waals surface area contributed by atoms with Gasteiger partial charge in [0.1, 0.15) is 0 Å². The number of benzene rings is 1. The molecule has 1 aromatic carbocycles. The summed E-state index contributed by atoms with van der Waals surface area (Å²) in [6.07, 6.45) is 2.66. The van der Waals surface area contributed by atoms with Crippen molar-refractivity contribution >= 4 is 34.3 Å². The Kier molecular flexibility index (Phi) is 6.55. The van der Waals surface area contributed by atoms with E-state index in [9.17, 15) is 4.79 Å². The molecule has 0 spiro atoms. The molecule has 3 aromatic rings. The minimum absolute atomic E-state index is 0.0444. The Balaban J connectivity index is 1.92. The third kappa shape index (κ3) is 4.90. The first-order valence-corrected chi connectivity index (χ1v) is 10.5. The van der Waals surface area contributed by atoms with Crippen molar-refractivity contribution in [1.82, 2.24) is 19.7 Å². The molecular weight excluding hydrogens is 384 g/mol. The molecule has 0 saturated carbocycles. The smallest absolute Gasteiger partial charge is 0.262 e. The molecule has 0 fully saturated rings. The van der Waals surface area contributed by atoms with Gasteiger partial charge >= 0.3 is 0 Å². The fraction of sp³-hybridized carbons (Fsp3) is 0.474. The Morgan fingerprint density at radius 1 is 1.30 bits per heavy atom. The maximum Gasteiger partial charge on any atom is 0.262 e. The minimum Gasteiger partial charge on any atom is -0.338 e. The van der Waals surface area contributed by atoms with Crippen LogP contribution in [-0.2, 0) is 18.7 Å². The fourth-order valence-electron chi connectivity index (χ4n) is 2.67. The molecule has 0 aliphatic carbocycles. The Morgan fingerprint density at radius 3 is 2.85 bits per heavy atom. The Morgan fingerprint density at radius 2 is 2.11 bits per heavy atom. The molecule has 8 heteroatoms. The summed E-state index contributed by atoms with van der Waals surface area (Å²) in [5.74, 6) is 2.21. The highest BCUT2D eigenvalue weighted by atomic mass is 35.5. The number of aromatic nitrogens is 4. The van der Waals surface area contributed by atoms with E-state index in [0.717, 1.165) is 19.3 Å². The molecule has 0 unspecified atom stereocenters. The van der Waals surface area contributed by atoms with Gasteiger partial charge in [-0.05, 0) is 37.0 Å². The van der Waals surface area contributed by atoms with E-state index < -0.39 is 0 Å². The number of fused-ring (bicyclic) bond motifs is 1. The lowest BCUT2D eigenvalue weighted by molar-refractivity contribution is 0.384. The van der Waals surface area contributed by atoms with Crippen molar-refractivity contribution in [1.29, 1.82) is 0 Å². The van der Waals surface area contributed by atoms with Crippen LogP contribution in [0.25, 0.3) is 10.9 Å². The lowest BCUT2D eigenvalue weighted by atomic mass is 10.1. The largest absolute Gasteiger partial charge is 0.338 e. The number of hydrogen-bond donors (Lipinski definition) is 0. The van der Waals surface area contributed by atoms with Gasteiger partial charge in [-0.3, -0.25) is 9.36 Å². The molecule has 144 valence electrons. The van der Waals surface area contributed by atoms with Crippen molar-refractivity contribution in [2.75, 3.05) is 0 Å². The van der Waals surface area contributed by atoms with Crippen LogP contribution in [0.1, 0.15) is 45.3 Å². The van der Waals surface area contributed by atoms with Crippen LogP contribution >= 0.6 is 23.4 Å². The van der Waals surface area contributed by atoms with Crippen LogP contribution in [0.15, 0.2) is 32.7 Å². The van der Waals surface area contributed by atoms with Gasteiger partial charge in [0.05, 0.1) is 16.7 Å². The first-order valence-electron chi connectivity index (χ1n) is 9.12. The van der Waals surface area contributed by atoms with E-state index >= 15 is 0 Å². The van der Waals surface area contributed by atoms with Crippen LogP contribution in [0.5, 0.6) is 0 Å². The van der Waals surface area contributed by atoms with Gasteiger partial charge in [-0.2, -0.15) is 4.98 Å². The SMILES string of the molecule is CCCc1noc(CSc2nc3cc(Cl)ccc3c(=O)n2CCC(C)C)n1. The van der Waals surface area contributed by atoms with Crippen LogP contribution in [0.4, 0.5) is 0 Å². The number of thioether (sulfide) groups is 1. The van der Waals surface area contributed by atoms with Gasteiger partial charge in [0.2, 0.25) is 5.89 Å². The number of hydrogen-bond acceptors (Lipinski definition) is 6. The van der Waals surface area contributed by atoms with E-state index in [0.29, 0.717) is 51.0 Å². The zero-order valence-corrected chi connectivity index (χ0v) is 17.3. The van der Waals surface area contributed by atoms with Gasteiger partial charge in [0, 0.05) is 18.0 Å². The standard InChI is InChI=1S/C19H23ClN4O2S/c1-4-5-16-22-17(26-23-16)11-27-19-21-15-10-13(20)6-7-14(15)18(25)24(19)9-8-12(2)3/h6-7,10,12H,4-5,8-9,11H2,1-3H3. The van der Waals surface area contributed by atoms with Crippen LogP contribution in [0.2, 0.25) is 5.02 Å². The monoisotopic (exact) mass is 406 g/mol. The van der Waals surface area contributed by atoms with Crippen LogP contribution < -0.4 is 5.56 Å². The Bertz CT molecular complexity index is 983. The summed E-state index contributed by atoms with van der Waals surface area (Å²) >= 11 is 7.51. The number of rotatable bonds is 8. The second kappa shape index (κ2) is 8.89. The maximum absolute atomic E-state index is 13.0. The fourth-order valence-corrected chi connectivity index (χ4v) is 3.70. The third-order valence-corrected chi connectivity index (χ3v) is 5.32. The highest BCUT2D eigenvalue weighted by Gasteiger charge is 2.14. The van der Waals surface area contributed by atoms with Gasteiger partial charge in [0.25, 0.3) is 5.56 Å². The molecule has 0 aliphatic rings. The summed E-state index contributed by atoms with van der Waals surface area (Å²) in [6.45, 7) is 6.97. The second-order valence-corrected chi connectivity index (χ2v) is 8.22. The summed E-state index contributed by atoms with van der Waals surface area (Å²) in [6, 6.07) is 5.18. The molecular formula is C19H23ClN4O2S. The van der Waals surface area contributed by atoms with Crippen molar-refractivity contribution in [2.24, 2.45) is 5.92 Å². The van der Waals surface area contributed by atoms with E-state index in [1.165, 1.54) is 11.8 Å². The normalized spacial score (nSPS) is 11.6. The van der Waals surface area contributed by atoms with Crippen molar-refractivity contribution in [3.05, 3.63) is 45.3 Å². The maximum atomic E-state index is 13.0. The van der Waals surface area contributed by atoms with Crippen molar-refractivity contribution in [3.63, 3.8) is 0 Å². The third-order valence-electron chi connectivity index (χ3n) is 4.12. The average molecular weight is 407 g/mol. The molecule has 0 N–H and O–H groups in total. The average Bonchev–Trinajstić information content (AvgIpc) is 3.06. The highest BCUT2D eigenvalue weighted by molar-refractivity contribution is 7.98. The zero-order valence-electron chi connectivity index (χ0n) is 15.7. The summed E-state index contributed by atoms with van der Waals surface area (Å²) in [4.78, 5) is 22.1. The lowest BCUT2D eigenvalue weighted by Crippen LogP contribution is -2.24. The second-order valence-electron chi connectivity index (χ2n) is 6.84. The molecule has 0 radical (unpaired) electrons. The first kappa shape index (κ1) is 19.9. The molecule has 6 nitrogen and oxygen atoms in total. The molecule has 0 aliphatic heterocycles. The van der Waals surface area contributed by atoms with E-state index in [-0.39, 0.29) is 5.56 Å². The van der Waals surface area contributed by atoms with Crippen LogP contribution in [0, 0.1) is 5.92 Å². The van der Waals surface area contributed by atoms with E-state index in [4.69, 9.17) is 16.1 Å². The summed E-state index contributed by atoms with van der Waals surface area (Å²) in [7, 11) is 0. The predicted molar refractivity (Wildman–Crippen MR) is 108 cm³/mol. The van der Waals surface area contributed by atoms with Gasteiger partial charge in [-0.25, -0.2) is 4.98 Å². The molecule has 27 heavy (non-hydrogen) atoms. The molecule has 3 rings (SSSR count). The quantitative estimate of drug-likeness (QED) is 0.398. The van der Waals surface area contributed by atoms with Gasteiger partial charge in [0.15, 0.2) is 11.0 Å². The summed E-state index contributed by atoms with van der Waals surface area (Å²) in [5, 5.41) is 5.76. The Hall–Kier alpha value is -1.86. The Labute approximate surface area is 167 Å². The minimum atomic E-state index is -0.0444. The van der Waals surface area contributed by atoms with Gasteiger partial charge < -0.3 is 4.52 Å². The zero-order chi connectivity index (χ0) is 19.4. The van der Waals surface area contributed by atoms with Crippen LogP contribution in [-0.4, -0.2) is 19.7 Å². The lowest BCUT2D eigenvalue weighted by Gasteiger charge is -2.13. The molecule has 0 saturated heterocycles. The van der Waals surface area contributed by atoms with Crippen LogP contribution in [0.3, 0.4) is 0 Å². The summed E-state index contributed by atoms with van der Waals surface area (Å²) < 4.78 is 7.04. The highest BCUT2D eigenvalue weighted by Crippen LogP contribution is 2.23. The van der Waals surface area contributed by atoms with Crippen molar-refractivity contribution < 1.29 is 4.52 Å². The molecule has 0 bridgehead atoms. The predicted octanol–water partition coefficient (Wildman–Crippen LogP) is 4.72. The van der Waals surface area contributed by atoms with Crippen molar-refractivity contribution in [2.45, 2.75) is 57.5 Å². The number of aryl methyl sites for hydroxylation is 1. The first-order chi connectivity index (χ1) is 13.0. The molecule has 2 aromatic heterocycles. The van der Waals surface area contributed by atoms with E-state index in [1.807, 2.05) is 0 Å².